The van der Waals surface area contributed by atoms with Crippen LogP contribution in [-0.4, -0.2) is 61.8 Å². The number of aliphatic hydroxyl groups excluding tert-OH is 1. The number of hydrogen-bond donors (Lipinski definition) is 3. The Labute approximate surface area is 197 Å². The van der Waals surface area contributed by atoms with Crippen LogP contribution in [0.25, 0.3) is 0 Å². The minimum Gasteiger partial charge on any atom is -0.481 e. The lowest BCUT2D eigenvalue weighted by Crippen LogP contribution is -2.38. The molecule has 0 aromatic rings. The molecule has 0 saturated heterocycles. The van der Waals surface area contributed by atoms with E-state index in [1.165, 1.54) is 75.0 Å². The molecule has 0 aliphatic rings. The number of rotatable bonds is 22. The van der Waals surface area contributed by atoms with Crippen LogP contribution in [0.3, 0.4) is 0 Å². The number of carboxylic acids is 2. The summed E-state index contributed by atoms with van der Waals surface area (Å²) in [5, 5.41) is 28.1. The highest BCUT2D eigenvalue weighted by molar-refractivity contribution is 8.00. The smallest absolute Gasteiger partial charge is 0.326 e. The lowest BCUT2D eigenvalue weighted by Gasteiger charge is -2.25. The first-order valence-electron chi connectivity index (χ1n) is 11.9. The van der Waals surface area contributed by atoms with E-state index in [0.29, 0.717) is 19.3 Å². The molecule has 8 heteroatoms. The molecule has 0 bridgehead atoms. The predicted molar refractivity (Wildman–Crippen MR) is 130 cm³/mol. The van der Waals surface area contributed by atoms with Gasteiger partial charge < -0.3 is 20.2 Å². The number of carbonyl (C=O) groups excluding carboxylic acids is 1. The zero-order valence-corrected chi connectivity index (χ0v) is 20.6. The third-order valence-corrected chi connectivity index (χ3v) is 6.78. The van der Waals surface area contributed by atoms with Crippen LogP contribution in [0.15, 0.2) is 12.2 Å². The fourth-order valence-electron chi connectivity index (χ4n) is 3.27. The van der Waals surface area contributed by atoms with Crippen LogP contribution in [0.1, 0.15) is 97.3 Å². The van der Waals surface area contributed by atoms with E-state index in [9.17, 15) is 19.5 Å². The molecule has 0 aromatic carbocycles. The van der Waals surface area contributed by atoms with Crippen molar-refractivity contribution in [2.75, 3.05) is 5.88 Å². The van der Waals surface area contributed by atoms with Crippen LogP contribution in [0.5, 0.6) is 0 Å². The van der Waals surface area contributed by atoms with E-state index in [2.05, 4.69) is 6.92 Å². The lowest BCUT2D eigenvalue weighted by molar-refractivity contribution is -0.145. The van der Waals surface area contributed by atoms with Crippen LogP contribution in [0.4, 0.5) is 0 Å². The van der Waals surface area contributed by atoms with E-state index in [1.54, 1.807) is 0 Å². The van der Waals surface area contributed by atoms with Crippen molar-refractivity contribution in [2.45, 2.75) is 115 Å². The van der Waals surface area contributed by atoms with Gasteiger partial charge in [0.2, 0.25) is 6.41 Å². The standard InChI is InChI=1S/C24H43NO6S/c1-3-4-5-6-7-8-9-10-11-12-13-16-22(21(27)15-14-17-23(28)29)32-19-25(18-26)20(2)24(30)31/h13,16,18,20-22,27H,3-12,14-15,17,19H2,1-2H3,(H,28,29)(H,30,31)/t20-,21-,22+/m0/s1. The summed E-state index contributed by atoms with van der Waals surface area (Å²) in [6.45, 7) is 3.66. The van der Waals surface area contributed by atoms with Gasteiger partial charge in [0.15, 0.2) is 0 Å². The lowest BCUT2D eigenvalue weighted by atomic mass is 10.1. The molecule has 32 heavy (non-hydrogen) atoms. The van der Waals surface area contributed by atoms with Gasteiger partial charge in [-0.05, 0) is 32.6 Å². The van der Waals surface area contributed by atoms with Crippen molar-refractivity contribution in [3.63, 3.8) is 0 Å². The number of carboxylic acid groups (broad SMARTS) is 2. The van der Waals surface area contributed by atoms with E-state index >= 15 is 0 Å². The number of hydrogen-bond acceptors (Lipinski definition) is 5. The predicted octanol–water partition coefficient (Wildman–Crippen LogP) is 5.07. The number of amides is 1. The molecule has 7 nitrogen and oxygen atoms in total. The quantitative estimate of drug-likeness (QED) is 0.0870. The molecule has 0 aliphatic carbocycles. The maximum absolute atomic E-state index is 11.2. The van der Waals surface area contributed by atoms with Gasteiger partial charge in [0.25, 0.3) is 0 Å². The molecule has 0 spiro atoms. The highest BCUT2D eigenvalue weighted by Crippen LogP contribution is 2.22. The zero-order chi connectivity index (χ0) is 24.2. The Bertz CT molecular complexity index is 543. The molecular formula is C24H43NO6S. The number of thioether (sulfide) groups is 1. The Kier molecular flexibility index (Phi) is 19.1. The van der Waals surface area contributed by atoms with E-state index < -0.39 is 24.1 Å². The summed E-state index contributed by atoms with van der Waals surface area (Å²) < 4.78 is 0. The molecule has 0 heterocycles. The molecule has 0 rings (SSSR count). The molecule has 0 unspecified atom stereocenters. The van der Waals surface area contributed by atoms with Crippen molar-refractivity contribution in [3.05, 3.63) is 12.2 Å². The maximum atomic E-state index is 11.2. The van der Waals surface area contributed by atoms with E-state index in [4.69, 9.17) is 10.2 Å². The molecule has 0 saturated carbocycles. The first-order chi connectivity index (χ1) is 15.3. The Morgan fingerprint density at radius 3 is 2.09 bits per heavy atom. The summed E-state index contributed by atoms with van der Waals surface area (Å²) in [6, 6.07) is -0.948. The fraction of sp³-hybridized carbons (Fsp3) is 0.792. The summed E-state index contributed by atoms with van der Waals surface area (Å²) in [5.41, 5.74) is 0. The summed E-state index contributed by atoms with van der Waals surface area (Å²) in [7, 11) is 0. The monoisotopic (exact) mass is 473 g/mol. The summed E-state index contributed by atoms with van der Waals surface area (Å²) >= 11 is 1.30. The van der Waals surface area contributed by atoms with Crippen molar-refractivity contribution in [1.82, 2.24) is 4.90 Å². The van der Waals surface area contributed by atoms with Gasteiger partial charge in [-0.25, -0.2) is 4.79 Å². The molecular weight excluding hydrogens is 430 g/mol. The molecule has 0 aromatic heterocycles. The topological polar surface area (TPSA) is 115 Å². The first kappa shape index (κ1) is 30.5. The zero-order valence-electron chi connectivity index (χ0n) is 19.8. The van der Waals surface area contributed by atoms with Gasteiger partial charge in [-0.3, -0.25) is 9.59 Å². The molecule has 1 amide bonds. The highest BCUT2D eigenvalue weighted by atomic mass is 32.2. The second kappa shape index (κ2) is 20.1. The average molecular weight is 474 g/mol. The van der Waals surface area contributed by atoms with Gasteiger partial charge in [-0.1, -0.05) is 70.4 Å². The highest BCUT2D eigenvalue weighted by Gasteiger charge is 2.23. The van der Waals surface area contributed by atoms with Gasteiger partial charge in [-0.2, -0.15) is 0 Å². The normalized spacial score (nSPS) is 14.2. The largest absolute Gasteiger partial charge is 0.481 e. The van der Waals surface area contributed by atoms with Crippen LogP contribution in [0, 0.1) is 0 Å². The maximum Gasteiger partial charge on any atom is 0.326 e. The number of unbranched alkanes of at least 4 members (excludes halogenated alkanes) is 9. The fourth-order valence-corrected chi connectivity index (χ4v) is 4.48. The molecule has 186 valence electrons. The van der Waals surface area contributed by atoms with Crippen molar-refractivity contribution in [3.8, 4) is 0 Å². The summed E-state index contributed by atoms with van der Waals surface area (Å²) in [4.78, 5) is 34.3. The van der Waals surface area contributed by atoms with Crippen molar-refractivity contribution >= 4 is 30.1 Å². The van der Waals surface area contributed by atoms with Gasteiger partial charge >= 0.3 is 11.9 Å². The average Bonchev–Trinajstić information content (AvgIpc) is 2.75. The van der Waals surface area contributed by atoms with Crippen molar-refractivity contribution < 1.29 is 29.7 Å². The molecule has 0 aliphatic heterocycles. The Balaban J connectivity index is 4.49. The van der Waals surface area contributed by atoms with Crippen LogP contribution in [-0.2, 0) is 14.4 Å². The van der Waals surface area contributed by atoms with Gasteiger partial charge in [0.1, 0.15) is 6.04 Å². The number of aliphatic hydroxyl groups is 1. The summed E-state index contributed by atoms with van der Waals surface area (Å²) in [5.74, 6) is -1.85. The molecule has 3 atom stereocenters. The van der Waals surface area contributed by atoms with Gasteiger partial charge in [0.05, 0.1) is 17.2 Å². The molecule has 0 fully saturated rings. The third-order valence-electron chi connectivity index (χ3n) is 5.48. The number of nitrogens with zero attached hydrogens (tertiary/aromatic N) is 1. The molecule has 0 radical (unpaired) electrons. The van der Waals surface area contributed by atoms with E-state index in [0.717, 1.165) is 12.8 Å². The summed E-state index contributed by atoms with van der Waals surface area (Å²) in [6.07, 6.45) is 16.6. The minimum atomic E-state index is -1.09. The SMILES string of the molecule is CCCCCCCCCCCC=C[C@@H](SCN(C=O)[C@@H](C)C(=O)O)[C@@H](O)CCCC(=O)O. The van der Waals surface area contributed by atoms with Crippen molar-refractivity contribution in [2.24, 2.45) is 0 Å². The minimum absolute atomic E-state index is 0.00683. The van der Waals surface area contributed by atoms with E-state index in [-0.39, 0.29) is 17.5 Å². The number of allylic oxidation sites excluding steroid dienone is 1. The number of aliphatic carboxylic acids is 2. The van der Waals surface area contributed by atoms with Crippen LogP contribution < -0.4 is 0 Å². The Morgan fingerprint density at radius 1 is 0.969 bits per heavy atom. The van der Waals surface area contributed by atoms with Gasteiger partial charge in [0, 0.05) is 6.42 Å². The number of carbonyl (C=O) groups is 3. The third kappa shape index (κ3) is 16.1. The van der Waals surface area contributed by atoms with Crippen LogP contribution >= 0.6 is 11.8 Å². The second-order valence-corrected chi connectivity index (χ2v) is 9.43. The Hall–Kier alpha value is -1.54. The van der Waals surface area contributed by atoms with E-state index in [1.807, 2.05) is 12.2 Å². The van der Waals surface area contributed by atoms with Crippen molar-refractivity contribution in [1.29, 1.82) is 0 Å². The van der Waals surface area contributed by atoms with Crippen LogP contribution in [0.2, 0.25) is 0 Å². The first-order valence-corrected chi connectivity index (χ1v) is 13.0. The van der Waals surface area contributed by atoms with Gasteiger partial charge in [-0.15, -0.1) is 11.8 Å². The second-order valence-electron chi connectivity index (χ2n) is 8.29. The molecule has 3 N–H and O–H groups in total. The Morgan fingerprint density at radius 2 is 1.56 bits per heavy atom.